The van der Waals surface area contributed by atoms with Crippen LogP contribution in [-0.4, -0.2) is 13.4 Å². The van der Waals surface area contributed by atoms with Crippen LogP contribution >= 0.6 is 11.3 Å². The fourth-order valence-corrected chi connectivity index (χ4v) is 5.93. The van der Waals surface area contributed by atoms with Gasteiger partial charge in [0.25, 0.3) is 0 Å². The molecule has 0 aliphatic heterocycles. The lowest BCUT2D eigenvalue weighted by atomic mass is 10.0. The van der Waals surface area contributed by atoms with Crippen molar-refractivity contribution in [1.29, 1.82) is 0 Å². The summed E-state index contributed by atoms with van der Waals surface area (Å²) in [6.45, 7) is 3.92. The molecule has 0 bridgehead atoms. The van der Waals surface area contributed by atoms with E-state index in [1.807, 2.05) is 43.5 Å². The van der Waals surface area contributed by atoms with Crippen LogP contribution in [0.1, 0.15) is 47.5 Å². The molecule has 1 heterocycles. The predicted molar refractivity (Wildman–Crippen MR) is 93.9 cm³/mol. The van der Waals surface area contributed by atoms with Gasteiger partial charge < -0.3 is 0 Å². The molecule has 1 N–H and O–H groups in total. The van der Waals surface area contributed by atoms with E-state index in [1.165, 1.54) is 0 Å². The van der Waals surface area contributed by atoms with Crippen LogP contribution in [0, 0.1) is 13.8 Å². The lowest BCUT2D eigenvalue weighted by molar-refractivity contribution is 0.401. The summed E-state index contributed by atoms with van der Waals surface area (Å²) in [6.07, 6.45) is 3.72. The molecule has 0 atom stereocenters. The van der Waals surface area contributed by atoms with E-state index < -0.39 is 15.6 Å². The summed E-state index contributed by atoms with van der Waals surface area (Å²) in [5.41, 5.74) is 2.33. The number of rotatable bonds is 5. The van der Waals surface area contributed by atoms with E-state index >= 15 is 0 Å². The van der Waals surface area contributed by atoms with Crippen molar-refractivity contribution in [1.82, 2.24) is 9.71 Å². The van der Waals surface area contributed by atoms with Crippen LogP contribution in [0.2, 0.25) is 0 Å². The Balaban J connectivity index is 1.85. The fraction of sp³-hybridized carbons (Fsp3) is 0.471. The standard InChI is InChI=1S/C17H22N2O2S2/c1-13-6-5-7-15(10-13)12-23(20,21)19-17(8-3-4-9-17)16-18-14(2)11-22-16/h5-7,10-11,19H,3-4,8-9,12H2,1-2H3. The van der Waals surface area contributed by atoms with Crippen molar-refractivity contribution < 1.29 is 8.42 Å². The average Bonchev–Trinajstić information content (AvgIpc) is 3.07. The molecule has 0 saturated heterocycles. The Morgan fingerprint density at radius 2 is 2.00 bits per heavy atom. The monoisotopic (exact) mass is 350 g/mol. The predicted octanol–water partition coefficient (Wildman–Crippen LogP) is 3.65. The van der Waals surface area contributed by atoms with Crippen LogP contribution < -0.4 is 4.72 Å². The summed E-state index contributed by atoms with van der Waals surface area (Å²) in [4.78, 5) is 4.56. The molecule has 0 unspecified atom stereocenters. The number of hydrogen-bond acceptors (Lipinski definition) is 4. The molecule has 1 fully saturated rings. The molecular weight excluding hydrogens is 328 g/mol. The summed E-state index contributed by atoms with van der Waals surface area (Å²) < 4.78 is 28.4. The van der Waals surface area contributed by atoms with Gasteiger partial charge in [0.2, 0.25) is 10.0 Å². The van der Waals surface area contributed by atoms with Gasteiger partial charge in [0.1, 0.15) is 5.01 Å². The Morgan fingerprint density at radius 1 is 1.26 bits per heavy atom. The van der Waals surface area contributed by atoms with Gasteiger partial charge in [-0.05, 0) is 32.3 Å². The highest BCUT2D eigenvalue weighted by molar-refractivity contribution is 7.88. The van der Waals surface area contributed by atoms with Crippen LogP contribution in [-0.2, 0) is 21.3 Å². The smallest absolute Gasteiger partial charge is 0.216 e. The maximum atomic E-state index is 12.7. The molecule has 0 radical (unpaired) electrons. The van der Waals surface area contributed by atoms with Gasteiger partial charge in [-0.15, -0.1) is 11.3 Å². The lowest BCUT2D eigenvalue weighted by Crippen LogP contribution is -2.44. The lowest BCUT2D eigenvalue weighted by Gasteiger charge is -2.27. The molecule has 1 aromatic heterocycles. The van der Waals surface area contributed by atoms with Crippen molar-refractivity contribution in [2.45, 2.75) is 50.8 Å². The topological polar surface area (TPSA) is 59.1 Å². The number of aromatic nitrogens is 1. The molecule has 1 aliphatic carbocycles. The summed E-state index contributed by atoms with van der Waals surface area (Å²) in [7, 11) is -3.42. The molecule has 1 saturated carbocycles. The molecule has 0 amide bonds. The van der Waals surface area contributed by atoms with Gasteiger partial charge in [-0.1, -0.05) is 42.7 Å². The Morgan fingerprint density at radius 3 is 2.61 bits per heavy atom. The van der Waals surface area contributed by atoms with Gasteiger partial charge >= 0.3 is 0 Å². The van der Waals surface area contributed by atoms with Crippen LogP contribution in [0.4, 0.5) is 0 Å². The molecule has 6 heteroatoms. The molecule has 1 aromatic carbocycles. The van der Waals surface area contributed by atoms with E-state index in [1.54, 1.807) is 11.3 Å². The van der Waals surface area contributed by atoms with E-state index in [-0.39, 0.29) is 5.75 Å². The van der Waals surface area contributed by atoms with Crippen molar-refractivity contribution >= 4 is 21.4 Å². The maximum Gasteiger partial charge on any atom is 0.216 e. The molecule has 2 aromatic rings. The molecule has 3 rings (SSSR count). The first-order chi connectivity index (χ1) is 10.9. The number of nitrogens with one attached hydrogen (secondary N) is 1. The fourth-order valence-electron chi connectivity index (χ4n) is 3.27. The van der Waals surface area contributed by atoms with Crippen LogP contribution in [0.15, 0.2) is 29.6 Å². The Bertz CT molecular complexity index is 790. The Kier molecular flexibility index (Phi) is 4.58. The minimum atomic E-state index is -3.42. The first-order valence-corrected chi connectivity index (χ1v) is 10.4. The highest BCUT2D eigenvalue weighted by atomic mass is 32.2. The Labute approximate surface area is 142 Å². The normalized spacial score (nSPS) is 17.5. The number of sulfonamides is 1. The first kappa shape index (κ1) is 16.6. The molecule has 4 nitrogen and oxygen atoms in total. The largest absolute Gasteiger partial charge is 0.245 e. The molecule has 23 heavy (non-hydrogen) atoms. The second-order valence-corrected chi connectivity index (χ2v) is 9.01. The summed E-state index contributed by atoms with van der Waals surface area (Å²) >= 11 is 1.56. The zero-order valence-corrected chi connectivity index (χ0v) is 15.1. The number of aryl methyl sites for hydroxylation is 2. The van der Waals surface area contributed by atoms with Crippen LogP contribution in [0.3, 0.4) is 0 Å². The van der Waals surface area contributed by atoms with Gasteiger partial charge in [0, 0.05) is 11.1 Å². The van der Waals surface area contributed by atoms with Gasteiger partial charge in [-0.2, -0.15) is 0 Å². The van der Waals surface area contributed by atoms with Crippen molar-refractivity contribution in [3.8, 4) is 0 Å². The minimum Gasteiger partial charge on any atom is -0.245 e. The second kappa shape index (κ2) is 6.34. The van der Waals surface area contributed by atoms with Gasteiger partial charge in [-0.3, -0.25) is 0 Å². The van der Waals surface area contributed by atoms with Crippen molar-refractivity contribution in [2.24, 2.45) is 0 Å². The highest BCUT2D eigenvalue weighted by Gasteiger charge is 2.41. The summed E-state index contributed by atoms with van der Waals surface area (Å²) in [5, 5.41) is 2.89. The van der Waals surface area contributed by atoms with Gasteiger partial charge in [0.15, 0.2) is 0 Å². The van der Waals surface area contributed by atoms with Crippen LogP contribution in [0.5, 0.6) is 0 Å². The van der Waals surface area contributed by atoms with Crippen molar-refractivity contribution in [3.05, 3.63) is 51.5 Å². The molecule has 1 aliphatic rings. The van der Waals surface area contributed by atoms with Crippen molar-refractivity contribution in [2.75, 3.05) is 0 Å². The molecular formula is C17H22N2O2S2. The van der Waals surface area contributed by atoms with E-state index in [2.05, 4.69) is 9.71 Å². The molecule has 0 spiro atoms. The number of hydrogen-bond donors (Lipinski definition) is 1. The highest BCUT2D eigenvalue weighted by Crippen LogP contribution is 2.40. The summed E-state index contributed by atoms with van der Waals surface area (Å²) in [6, 6.07) is 7.66. The van der Waals surface area contributed by atoms with E-state index in [0.717, 1.165) is 47.5 Å². The third-order valence-corrected chi connectivity index (χ3v) is 6.85. The maximum absolute atomic E-state index is 12.7. The Hall–Kier alpha value is -1.24. The van der Waals surface area contributed by atoms with Gasteiger partial charge in [0.05, 0.1) is 11.3 Å². The van der Waals surface area contributed by atoms with E-state index in [4.69, 9.17) is 0 Å². The average molecular weight is 351 g/mol. The SMILES string of the molecule is Cc1cccc(CS(=O)(=O)NC2(c3nc(C)cs3)CCCC2)c1. The summed E-state index contributed by atoms with van der Waals surface area (Å²) in [5.74, 6) is 0.0147. The van der Waals surface area contributed by atoms with Crippen molar-refractivity contribution in [3.63, 3.8) is 0 Å². The van der Waals surface area contributed by atoms with E-state index in [9.17, 15) is 8.42 Å². The zero-order chi connectivity index (χ0) is 16.5. The number of benzene rings is 1. The minimum absolute atomic E-state index is 0.0147. The quantitative estimate of drug-likeness (QED) is 0.895. The van der Waals surface area contributed by atoms with E-state index in [0.29, 0.717) is 0 Å². The van der Waals surface area contributed by atoms with Gasteiger partial charge in [-0.25, -0.2) is 18.1 Å². The number of nitrogens with zero attached hydrogens (tertiary/aromatic N) is 1. The zero-order valence-electron chi connectivity index (χ0n) is 13.5. The van der Waals surface area contributed by atoms with Crippen LogP contribution in [0.25, 0.3) is 0 Å². The second-order valence-electron chi connectivity index (χ2n) is 6.43. The third kappa shape index (κ3) is 3.82. The first-order valence-electron chi connectivity index (χ1n) is 7.88. The number of thiazole rings is 1. The molecule has 124 valence electrons. The third-order valence-electron chi connectivity index (χ3n) is 4.28.